The molecule has 0 aromatic carbocycles. The van der Waals surface area contributed by atoms with Crippen LogP contribution in [-0.4, -0.2) is 29.9 Å². The number of carbonyl (C=O) groups is 3. The van der Waals surface area contributed by atoms with E-state index in [-0.39, 0.29) is 18.8 Å². The van der Waals surface area contributed by atoms with E-state index in [4.69, 9.17) is 17.2 Å². The summed E-state index contributed by atoms with van der Waals surface area (Å²) in [5.41, 5.74) is 15.9. The summed E-state index contributed by atoms with van der Waals surface area (Å²) in [7, 11) is 0. The lowest BCUT2D eigenvalue weighted by atomic mass is 10.0. The predicted octanol–water partition coefficient (Wildman–Crippen LogP) is -0.978. The molecule has 7 heteroatoms. The van der Waals surface area contributed by atoms with Crippen molar-refractivity contribution >= 4 is 17.8 Å². The number of carbonyl (C=O) groups excluding carboxylic acids is 3. The van der Waals surface area contributed by atoms with Gasteiger partial charge in [-0.25, -0.2) is 9.59 Å². The van der Waals surface area contributed by atoms with Gasteiger partial charge in [0.25, 0.3) is 0 Å². The Balaban J connectivity index is 4.13. The number of esters is 2. The quantitative estimate of drug-likeness (QED) is 0.397. The van der Waals surface area contributed by atoms with Gasteiger partial charge in [0.2, 0.25) is 5.91 Å². The fourth-order valence-corrected chi connectivity index (χ4v) is 1.27. The number of hydrogen-bond donors (Lipinski definition) is 3. The minimum Gasteiger partial charge on any atom is -0.391 e. The molecule has 0 radical (unpaired) electrons. The van der Waals surface area contributed by atoms with Crippen molar-refractivity contribution in [2.24, 2.45) is 23.1 Å². The minimum atomic E-state index is -1.05. The lowest BCUT2D eigenvalue weighted by Crippen LogP contribution is -2.40. The summed E-state index contributed by atoms with van der Waals surface area (Å²) in [5, 5.41) is 0. The van der Waals surface area contributed by atoms with Gasteiger partial charge in [-0.1, -0.05) is 13.8 Å². The molecule has 104 valence electrons. The summed E-state index contributed by atoms with van der Waals surface area (Å²) in [6.07, 6.45) is 0.423. The molecule has 0 aromatic heterocycles. The van der Waals surface area contributed by atoms with Gasteiger partial charge in [0.05, 0.1) is 0 Å². The second-order valence-corrected chi connectivity index (χ2v) is 4.59. The Morgan fingerprint density at radius 3 is 2.00 bits per heavy atom. The van der Waals surface area contributed by atoms with Crippen molar-refractivity contribution in [3.63, 3.8) is 0 Å². The van der Waals surface area contributed by atoms with Gasteiger partial charge >= 0.3 is 11.9 Å². The first-order chi connectivity index (χ1) is 8.23. The Morgan fingerprint density at radius 2 is 1.56 bits per heavy atom. The van der Waals surface area contributed by atoms with Crippen LogP contribution in [0.1, 0.15) is 33.1 Å². The Kier molecular flexibility index (Phi) is 7.14. The number of primary amides is 1. The van der Waals surface area contributed by atoms with E-state index < -0.39 is 29.9 Å². The van der Waals surface area contributed by atoms with Gasteiger partial charge in [-0.2, -0.15) is 0 Å². The van der Waals surface area contributed by atoms with E-state index in [1.165, 1.54) is 0 Å². The van der Waals surface area contributed by atoms with E-state index >= 15 is 0 Å². The van der Waals surface area contributed by atoms with Crippen molar-refractivity contribution < 1.29 is 19.1 Å². The third-order valence-corrected chi connectivity index (χ3v) is 2.23. The maximum atomic E-state index is 11.4. The Morgan fingerprint density at radius 1 is 1.06 bits per heavy atom. The molecule has 0 heterocycles. The summed E-state index contributed by atoms with van der Waals surface area (Å²) in [6, 6.07) is -1.90. The molecule has 7 nitrogen and oxygen atoms in total. The fraction of sp³-hybridized carbons (Fsp3) is 0.727. The monoisotopic (exact) mass is 259 g/mol. The molecule has 0 saturated carbocycles. The van der Waals surface area contributed by atoms with E-state index in [9.17, 15) is 14.4 Å². The molecule has 0 aliphatic heterocycles. The smallest absolute Gasteiger partial charge is 0.330 e. The van der Waals surface area contributed by atoms with Crippen molar-refractivity contribution in [2.45, 2.75) is 45.2 Å². The summed E-state index contributed by atoms with van der Waals surface area (Å²) in [4.78, 5) is 33.3. The highest BCUT2D eigenvalue weighted by atomic mass is 16.6. The SMILES string of the molecule is CC(C)C[C@H](N)C(=O)OC(=O)C(N)CCC(N)=O. The van der Waals surface area contributed by atoms with Crippen LogP contribution in [-0.2, 0) is 19.1 Å². The average molecular weight is 259 g/mol. The van der Waals surface area contributed by atoms with Crippen LogP contribution >= 0.6 is 0 Å². The zero-order valence-corrected chi connectivity index (χ0v) is 10.7. The standard InChI is InChI=1S/C11H21N3O4/c1-6(2)5-8(13)11(17)18-10(16)7(12)3-4-9(14)15/h6-8H,3-5,12-13H2,1-2H3,(H2,14,15)/t7?,8-/m0/s1. The van der Waals surface area contributed by atoms with Crippen LogP contribution in [0.2, 0.25) is 0 Å². The normalized spacial score (nSPS) is 14.1. The molecule has 1 amide bonds. The molecule has 18 heavy (non-hydrogen) atoms. The second-order valence-electron chi connectivity index (χ2n) is 4.59. The highest BCUT2D eigenvalue weighted by molar-refractivity contribution is 5.90. The second kappa shape index (κ2) is 7.78. The molecule has 0 aliphatic rings. The summed E-state index contributed by atoms with van der Waals surface area (Å²) >= 11 is 0. The lowest BCUT2D eigenvalue weighted by Gasteiger charge is -2.14. The number of amides is 1. The molecule has 0 aliphatic carbocycles. The number of hydrogen-bond acceptors (Lipinski definition) is 6. The van der Waals surface area contributed by atoms with Crippen LogP contribution in [0.15, 0.2) is 0 Å². The molecule has 0 bridgehead atoms. The largest absolute Gasteiger partial charge is 0.391 e. The maximum Gasteiger partial charge on any atom is 0.330 e. The molecular weight excluding hydrogens is 238 g/mol. The molecule has 6 N–H and O–H groups in total. The number of rotatable bonds is 7. The molecule has 0 fully saturated rings. The molecule has 1 unspecified atom stereocenters. The molecular formula is C11H21N3O4. The number of nitrogens with two attached hydrogens (primary N) is 3. The van der Waals surface area contributed by atoms with E-state index in [1.807, 2.05) is 13.8 Å². The van der Waals surface area contributed by atoms with E-state index in [1.54, 1.807) is 0 Å². The Bertz CT molecular complexity index is 317. The zero-order chi connectivity index (χ0) is 14.3. The summed E-state index contributed by atoms with van der Waals surface area (Å²) in [6.45, 7) is 3.79. The van der Waals surface area contributed by atoms with Crippen molar-refractivity contribution in [1.29, 1.82) is 0 Å². The van der Waals surface area contributed by atoms with Crippen LogP contribution in [0.4, 0.5) is 0 Å². The van der Waals surface area contributed by atoms with Crippen LogP contribution in [0.5, 0.6) is 0 Å². The average Bonchev–Trinajstić information content (AvgIpc) is 2.24. The lowest BCUT2D eigenvalue weighted by molar-refractivity contribution is -0.161. The van der Waals surface area contributed by atoms with Crippen LogP contribution < -0.4 is 17.2 Å². The van der Waals surface area contributed by atoms with Gasteiger partial charge in [-0.15, -0.1) is 0 Å². The van der Waals surface area contributed by atoms with E-state index in [2.05, 4.69) is 4.74 Å². The first kappa shape index (κ1) is 16.5. The molecule has 0 rings (SSSR count). The van der Waals surface area contributed by atoms with Crippen LogP contribution in [0, 0.1) is 5.92 Å². The van der Waals surface area contributed by atoms with Crippen molar-refractivity contribution in [3.8, 4) is 0 Å². The zero-order valence-electron chi connectivity index (χ0n) is 10.7. The van der Waals surface area contributed by atoms with Crippen LogP contribution in [0.3, 0.4) is 0 Å². The van der Waals surface area contributed by atoms with E-state index in [0.29, 0.717) is 6.42 Å². The molecule has 0 saturated heterocycles. The summed E-state index contributed by atoms with van der Waals surface area (Å²) in [5.74, 6) is -2.05. The Labute approximate surface area is 106 Å². The van der Waals surface area contributed by atoms with Gasteiger partial charge in [0.1, 0.15) is 12.1 Å². The van der Waals surface area contributed by atoms with Crippen molar-refractivity contribution in [2.75, 3.05) is 0 Å². The third kappa shape index (κ3) is 6.97. The third-order valence-electron chi connectivity index (χ3n) is 2.23. The first-order valence-electron chi connectivity index (χ1n) is 5.79. The van der Waals surface area contributed by atoms with Crippen molar-refractivity contribution in [3.05, 3.63) is 0 Å². The maximum absolute atomic E-state index is 11.4. The van der Waals surface area contributed by atoms with Gasteiger partial charge in [-0.3, -0.25) is 4.79 Å². The Hall–Kier alpha value is -1.47. The van der Waals surface area contributed by atoms with Gasteiger partial charge < -0.3 is 21.9 Å². The van der Waals surface area contributed by atoms with E-state index in [0.717, 1.165) is 0 Å². The molecule has 2 atom stereocenters. The highest BCUT2D eigenvalue weighted by Gasteiger charge is 2.23. The topological polar surface area (TPSA) is 138 Å². The summed E-state index contributed by atoms with van der Waals surface area (Å²) < 4.78 is 4.53. The van der Waals surface area contributed by atoms with Crippen molar-refractivity contribution in [1.82, 2.24) is 0 Å². The molecule has 0 aromatic rings. The molecule has 0 spiro atoms. The van der Waals surface area contributed by atoms with Gasteiger partial charge in [-0.05, 0) is 18.8 Å². The van der Waals surface area contributed by atoms with Gasteiger partial charge in [0.15, 0.2) is 0 Å². The fourth-order valence-electron chi connectivity index (χ4n) is 1.27. The number of ether oxygens (including phenoxy) is 1. The van der Waals surface area contributed by atoms with Gasteiger partial charge in [0, 0.05) is 6.42 Å². The highest BCUT2D eigenvalue weighted by Crippen LogP contribution is 2.05. The first-order valence-corrected chi connectivity index (χ1v) is 5.79. The van der Waals surface area contributed by atoms with Crippen LogP contribution in [0.25, 0.3) is 0 Å². The predicted molar refractivity (Wildman–Crippen MR) is 64.9 cm³/mol. The minimum absolute atomic E-state index is 0.0392.